The highest BCUT2D eigenvalue weighted by Gasteiger charge is 2.21. The predicted molar refractivity (Wildman–Crippen MR) is 79.6 cm³/mol. The molecule has 1 aliphatic heterocycles. The molecule has 2 rings (SSSR count). The summed E-state index contributed by atoms with van der Waals surface area (Å²) >= 11 is 0. The lowest BCUT2D eigenvalue weighted by atomic mass is 9.98. The first-order valence-corrected chi connectivity index (χ1v) is 7.47. The number of nitrogens with zero attached hydrogens (tertiary/aromatic N) is 3. The molecule has 1 aromatic rings. The Morgan fingerprint density at radius 1 is 1.32 bits per heavy atom. The van der Waals surface area contributed by atoms with Crippen LogP contribution >= 0.6 is 0 Å². The van der Waals surface area contributed by atoms with Crippen LogP contribution in [0.1, 0.15) is 37.6 Å². The minimum absolute atomic E-state index is 0.727. The zero-order chi connectivity index (χ0) is 13.7. The fraction of sp³-hybridized carbons (Fsp3) is 0.733. The number of hydrogen-bond acceptors (Lipinski definition) is 4. The lowest BCUT2D eigenvalue weighted by molar-refractivity contribution is 0.389. The van der Waals surface area contributed by atoms with Gasteiger partial charge in [-0.05, 0) is 58.2 Å². The largest absolute Gasteiger partial charge is 0.340 e. The number of aryl methyl sites for hydroxylation is 2. The predicted octanol–water partition coefficient (Wildman–Crippen LogP) is 2.31. The van der Waals surface area contributed by atoms with E-state index in [1.54, 1.807) is 0 Å². The molecule has 0 spiro atoms. The van der Waals surface area contributed by atoms with E-state index < -0.39 is 0 Å². The molecule has 106 valence electrons. The van der Waals surface area contributed by atoms with Gasteiger partial charge < -0.3 is 10.2 Å². The lowest BCUT2D eigenvalue weighted by Crippen LogP contribution is -2.40. The van der Waals surface area contributed by atoms with Crippen LogP contribution in [-0.4, -0.2) is 36.1 Å². The van der Waals surface area contributed by atoms with Crippen LogP contribution in [0.15, 0.2) is 6.07 Å². The summed E-state index contributed by atoms with van der Waals surface area (Å²) in [4.78, 5) is 11.5. The Morgan fingerprint density at radius 3 is 2.74 bits per heavy atom. The van der Waals surface area contributed by atoms with Crippen LogP contribution in [0.5, 0.6) is 0 Å². The topological polar surface area (TPSA) is 41.0 Å². The van der Waals surface area contributed by atoms with Crippen molar-refractivity contribution in [2.45, 2.75) is 40.0 Å². The molecule has 1 unspecified atom stereocenters. The van der Waals surface area contributed by atoms with E-state index in [-0.39, 0.29) is 0 Å². The van der Waals surface area contributed by atoms with Gasteiger partial charge in [0.15, 0.2) is 0 Å². The molecule has 0 bridgehead atoms. The summed E-state index contributed by atoms with van der Waals surface area (Å²) < 4.78 is 0. The fourth-order valence-electron chi connectivity index (χ4n) is 2.75. The van der Waals surface area contributed by atoms with Gasteiger partial charge in [0, 0.05) is 24.5 Å². The first-order chi connectivity index (χ1) is 9.19. The number of nitrogens with one attached hydrogen (secondary N) is 1. The minimum atomic E-state index is 0.727. The summed E-state index contributed by atoms with van der Waals surface area (Å²) in [5, 5.41) is 3.53. The molecule has 1 fully saturated rings. The Bertz CT molecular complexity index is 385. The zero-order valence-electron chi connectivity index (χ0n) is 12.4. The third-order valence-corrected chi connectivity index (χ3v) is 3.63. The average Bonchev–Trinajstić information content (AvgIpc) is 2.38. The molecule has 0 radical (unpaired) electrons. The average molecular weight is 262 g/mol. The second-order valence-corrected chi connectivity index (χ2v) is 5.61. The van der Waals surface area contributed by atoms with Crippen molar-refractivity contribution < 1.29 is 0 Å². The molecule has 1 aliphatic rings. The van der Waals surface area contributed by atoms with Crippen molar-refractivity contribution >= 4 is 5.95 Å². The number of aromatic nitrogens is 2. The van der Waals surface area contributed by atoms with Crippen LogP contribution in [0, 0.1) is 19.8 Å². The Balaban J connectivity index is 1.96. The van der Waals surface area contributed by atoms with Crippen molar-refractivity contribution in [1.82, 2.24) is 15.3 Å². The van der Waals surface area contributed by atoms with E-state index in [9.17, 15) is 0 Å². The van der Waals surface area contributed by atoms with Gasteiger partial charge in [0.1, 0.15) is 0 Å². The van der Waals surface area contributed by atoms with Crippen LogP contribution in [0.25, 0.3) is 0 Å². The van der Waals surface area contributed by atoms with Crippen molar-refractivity contribution in [3.8, 4) is 0 Å². The number of rotatable bonds is 5. The van der Waals surface area contributed by atoms with E-state index >= 15 is 0 Å². The fourth-order valence-corrected chi connectivity index (χ4v) is 2.75. The number of piperidine rings is 1. The standard InChI is InChI=1S/C15H26N4/c1-4-7-16-10-14-6-5-8-19(11-14)15-17-12(2)9-13(3)18-15/h9,14,16H,4-8,10-11H2,1-3H3. The SMILES string of the molecule is CCCNCC1CCCN(c2nc(C)cc(C)n2)C1. The van der Waals surface area contributed by atoms with E-state index in [1.807, 2.05) is 19.9 Å². The summed E-state index contributed by atoms with van der Waals surface area (Å²) in [6.07, 6.45) is 3.77. The van der Waals surface area contributed by atoms with Gasteiger partial charge in [-0.15, -0.1) is 0 Å². The van der Waals surface area contributed by atoms with Crippen LogP contribution in [0.4, 0.5) is 5.95 Å². The minimum Gasteiger partial charge on any atom is -0.340 e. The van der Waals surface area contributed by atoms with Gasteiger partial charge in [-0.2, -0.15) is 0 Å². The molecule has 0 saturated carbocycles. The smallest absolute Gasteiger partial charge is 0.225 e. The maximum absolute atomic E-state index is 4.58. The Hall–Kier alpha value is -1.16. The first kappa shape index (κ1) is 14.3. The van der Waals surface area contributed by atoms with Crippen LogP contribution in [-0.2, 0) is 0 Å². The second-order valence-electron chi connectivity index (χ2n) is 5.61. The molecule has 1 N–H and O–H groups in total. The van der Waals surface area contributed by atoms with Crippen LogP contribution in [0.2, 0.25) is 0 Å². The molecule has 1 atom stereocenters. The number of hydrogen-bond donors (Lipinski definition) is 1. The number of anilines is 1. The summed E-state index contributed by atoms with van der Waals surface area (Å²) in [5.41, 5.74) is 2.13. The Kier molecular flexibility index (Phi) is 5.14. The van der Waals surface area contributed by atoms with Gasteiger partial charge in [-0.25, -0.2) is 9.97 Å². The van der Waals surface area contributed by atoms with Gasteiger partial charge in [-0.1, -0.05) is 6.92 Å². The lowest BCUT2D eigenvalue weighted by Gasteiger charge is -2.33. The zero-order valence-corrected chi connectivity index (χ0v) is 12.4. The summed E-state index contributed by atoms with van der Waals surface area (Å²) in [7, 11) is 0. The van der Waals surface area contributed by atoms with Crippen molar-refractivity contribution in [2.24, 2.45) is 5.92 Å². The molecule has 0 aliphatic carbocycles. The summed E-state index contributed by atoms with van der Waals surface area (Å²) in [6.45, 7) is 10.7. The van der Waals surface area contributed by atoms with E-state index in [4.69, 9.17) is 0 Å². The maximum atomic E-state index is 4.58. The molecule has 0 amide bonds. The molecule has 2 heterocycles. The molecule has 4 heteroatoms. The van der Waals surface area contributed by atoms with E-state index in [2.05, 4.69) is 27.1 Å². The van der Waals surface area contributed by atoms with Crippen molar-refractivity contribution in [3.63, 3.8) is 0 Å². The summed E-state index contributed by atoms with van der Waals surface area (Å²) in [5.74, 6) is 1.64. The van der Waals surface area contributed by atoms with Crippen molar-refractivity contribution in [1.29, 1.82) is 0 Å². The molecule has 4 nitrogen and oxygen atoms in total. The molecule has 0 aromatic carbocycles. The van der Waals surface area contributed by atoms with E-state index in [0.717, 1.165) is 49.4 Å². The maximum Gasteiger partial charge on any atom is 0.225 e. The molecule has 1 saturated heterocycles. The van der Waals surface area contributed by atoms with E-state index in [1.165, 1.54) is 19.3 Å². The second kappa shape index (κ2) is 6.85. The van der Waals surface area contributed by atoms with Gasteiger partial charge >= 0.3 is 0 Å². The van der Waals surface area contributed by atoms with Gasteiger partial charge in [-0.3, -0.25) is 0 Å². The van der Waals surface area contributed by atoms with E-state index in [0.29, 0.717) is 0 Å². The van der Waals surface area contributed by atoms with Gasteiger partial charge in [0.05, 0.1) is 0 Å². The first-order valence-electron chi connectivity index (χ1n) is 7.47. The molecular weight excluding hydrogens is 236 g/mol. The summed E-state index contributed by atoms with van der Waals surface area (Å²) in [6, 6.07) is 2.04. The van der Waals surface area contributed by atoms with Crippen molar-refractivity contribution in [3.05, 3.63) is 17.5 Å². The third-order valence-electron chi connectivity index (χ3n) is 3.63. The van der Waals surface area contributed by atoms with Crippen LogP contribution < -0.4 is 10.2 Å². The van der Waals surface area contributed by atoms with Crippen molar-refractivity contribution in [2.75, 3.05) is 31.1 Å². The van der Waals surface area contributed by atoms with Crippen LogP contribution in [0.3, 0.4) is 0 Å². The quantitative estimate of drug-likeness (QED) is 0.827. The molecule has 1 aromatic heterocycles. The normalized spacial score (nSPS) is 19.7. The highest BCUT2D eigenvalue weighted by Crippen LogP contribution is 2.20. The third kappa shape index (κ3) is 4.16. The highest BCUT2D eigenvalue weighted by molar-refractivity contribution is 5.32. The molecule has 19 heavy (non-hydrogen) atoms. The Labute approximate surface area is 116 Å². The highest BCUT2D eigenvalue weighted by atomic mass is 15.3. The van der Waals surface area contributed by atoms with Gasteiger partial charge in [0.25, 0.3) is 0 Å². The monoisotopic (exact) mass is 262 g/mol. The Morgan fingerprint density at radius 2 is 2.05 bits per heavy atom. The van der Waals surface area contributed by atoms with Gasteiger partial charge in [0.2, 0.25) is 5.95 Å². The molecular formula is C15H26N4.